The van der Waals surface area contributed by atoms with Gasteiger partial charge in [-0.2, -0.15) is 0 Å². The average Bonchev–Trinajstić information content (AvgIpc) is 3.14. The zero-order valence-corrected chi connectivity index (χ0v) is 13.9. The summed E-state index contributed by atoms with van der Waals surface area (Å²) in [4.78, 5) is 21.3. The minimum Gasteiger partial charge on any atom is -0.368 e. The molecule has 0 aliphatic carbocycles. The van der Waals surface area contributed by atoms with Crippen molar-refractivity contribution in [2.45, 2.75) is 25.4 Å². The number of carbonyl (C=O) groups excluding carboxylic acids is 1. The SMILES string of the molecule is O=C(C1CCCCO1)N1CC2CN(c3ccc(Cl)cn3)CC2C1. The fraction of sp³-hybridized carbons (Fsp3) is 0.647. The van der Waals surface area contributed by atoms with E-state index in [1.54, 1.807) is 6.20 Å². The number of amides is 1. The molecule has 6 heteroatoms. The van der Waals surface area contributed by atoms with Gasteiger partial charge in [-0.3, -0.25) is 4.79 Å². The van der Waals surface area contributed by atoms with Crippen molar-refractivity contribution >= 4 is 23.3 Å². The number of nitrogens with zero attached hydrogens (tertiary/aromatic N) is 3. The predicted molar refractivity (Wildman–Crippen MR) is 88.6 cm³/mol. The van der Waals surface area contributed by atoms with Crippen molar-refractivity contribution in [2.24, 2.45) is 11.8 Å². The number of anilines is 1. The standard InChI is InChI=1S/C17H22ClN3O2/c18-14-4-5-16(19-7-14)20-8-12-10-21(11-13(12)9-20)17(22)15-3-1-2-6-23-15/h4-5,7,12-13,15H,1-3,6,8-11H2. The van der Waals surface area contributed by atoms with Gasteiger partial charge >= 0.3 is 0 Å². The van der Waals surface area contributed by atoms with Gasteiger partial charge in [-0.05, 0) is 31.4 Å². The molecule has 1 aromatic heterocycles. The lowest BCUT2D eigenvalue weighted by atomic mass is 10.0. The van der Waals surface area contributed by atoms with Crippen LogP contribution in [0, 0.1) is 11.8 Å². The summed E-state index contributed by atoms with van der Waals surface area (Å²) >= 11 is 5.90. The summed E-state index contributed by atoms with van der Waals surface area (Å²) in [7, 11) is 0. The maximum atomic E-state index is 12.6. The minimum absolute atomic E-state index is 0.198. The highest BCUT2D eigenvalue weighted by Gasteiger charge is 2.43. The molecule has 3 aliphatic heterocycles. The van der Waals surface area contributed by atoms with Crippen LogP contribution < -0.4 is 4.90 Å². The molecule has 23 heavy (non-hydrogen) atoms. The molecule has 4 heterocycles. The third-order valence-electron chi connectivity index (χ3n) is 5.29. The molecule has 124 valence electrons. The fourth-order valence-electron chi connectivity index (χ4n) is 4.05. The van der Waals surface area contributed by atoms with Crippen LogP contribution in [0.5, 0.6) is 0 Å². The van der Waals surface area contributed by atoms with Crippen molar-refractivity contribution in [1.82, 2.24) is 9.88 Å². The number of pyridine rings is 1. The molecule has 5 nitrogen and oxygen atoms in total. The Morgan fingerprint density at radius 2 is 1.96 bits per heavy atom. The van der Waals surface area contributed by atoms with E-state index in [9.17, 15) is 4.79 Å². The number of halogens is 1. The molecule has 3 aliphatic rings. The first-order valence-electron chi connectivity index (χ1n) is 8.47. The van der Waals surface area contributed by atoms with E-state index >= 15 is 0 Å². The van der Waals surface area contributed by atoms with Crippen molar-refractivity contribution in [3.8, 4) is 0 Å². The molecule has 3 saturated heterocycles. The Kier molecular flexibility index (Phi) is 4.16. The van der Waals surface area contributed by atoms with E-state index in [0.717, 1.165) is 57.9 Å². The number of rotatable bonds is 2. The van der Waals surface area contributed by atoms with Gasteiger partial charge in [0.2, 0.25) is 0 Å². The highest BCUT2D eigenvalue weighted by molar-refractivity contribution is 6.30. The molecule has 1 aromatic rings. The molecule has 0 N–H and O–H groups in total. The first-order chi connectivity index (χ1) is 11.2. The van der Waals surface area contributed by atoms with E-state index in [-0.39, 0.29) is 12.0 Å². The maximum absolute atomic E-state index is 12.6. The molecule has 4 rings (SSSR count). The van der Waals surface area contributed by atoms with E-state index in [4.69, 9.17) is 16.3 Å². The molecule has 0 bridgehead atoms. The van der Waals surface area contributed by atoms with Gasteiger partial charge in [0, 0.05) is 50.8 Å². The summed E-state index contributed by atoms with van der Waals surface area (Å²) in [6.07, 6.45) is 4.56. The van der Waals surface area contributed by atoms with Gasteiger partial charge in [0.05, 0.1) is 5.02 Å². The van der Waals surface area contributed by atoms with Gasteiger partial charge < -0.3 is 14.5 Å². The molecular formula is C17H22ClN3O2. The van der Waals surface area contributed by atoms with Gasteiger partial charge in [-0.15, -0.1) is 0 Å². The molecule has 0 spiro atoms. The van der Waals surface area contributed by atoms with E-state index in [1.807, 2.05) is 17.0 Å². The first kappa shape index (κ1) is 15.2. The third-order valence-corrected chi connectivity index (χ3v) is 5.51. The maximum Gasteiger partial charge on any atom is 0.251 e. The molecule has 0 saturated carbocycles. The van der Waals surface area contributed by atoms with Crippen LogP contribution in [-0.4, -0.2) is 54.7 Å². The van der Waals surface area contributed by atoms with Gasteiger partial charge in [-0.25, -0.2) is 4.98 Å². The summed E-state index contributed by atoms with van der Waals surface area (Å²) in [5.41, 5.74) is 0. The van der Waals surface area contributed by atoms with Gasteiger partial charge in [0.25, 0.3) is 5.91 Å². The van der Waals surface area contributed by atoms with Crippen LogP contribution in [0.4, 0.5) is 5.82 Å². The number of likely N-dealkylation sites (tertiary alicyclic amines) is 1. The molecule has 3 atom stereocenters. The average molecular weight is 336 g/mol. The Hall–Kier alpha value is -1.33. The van der Waals surface area contributed by atoms with Crippen LogP contribution >= 0.6 is 11.6 Å². The normalized spacial score (nSPS) is 30.6. The van der Waals surface area contributed by atoms with Crippen molar-refractivity contribution in [1.29, 1.82) is 0 Å². The van der Waals surface area contributed by atoms with Crippen molar-refractivity contribution in [3.05, 3.63) is 23.4 Å². The van der Waals surface area contributed by atoms with Gasteiger partial charge in [-0.1, -0.05) is 11.6 Å². The van der Waals surface area contributed by atoms with Gasteiger partial charge in [0.15, 0.2) is 0 Å². The van der Waals surface area contributed by atoms with E-state index < -0.39 is 0 Å². The second-order valence-electron chi connectivity index (χ2n) is 6.86. The predicted octanol–water partition coefficient (Wildman–Crippen LogP) is 2.20. The smallest absolute Gasteiger partial charge is 0.251 e. The minimum atomic E-state index is -0.198. The second kappa shape index (κ2) is 6.29. The monoisotopic (exact) mass is 335 g/mol. The highest BCUT2D eigenvalue weighted by atomic mass is 35.5. The third kappa shape index (κ3) is 3.04. The van der Waals surface area contributed by atoms with Crippen LogP contribution in [0.1, 0.15) is 19.3 Å². The van der Waals surface area contributed by atoms with Crippen LogP contribution in [0.25, 0.3) is 0 Å². The van der Waals surface area contributed by atoms with Gasteiger partial charge in [0.1, 0.15) is 11.9 Å². The summed E-state index contributed by atoms with van der Waals surface area (Å²) in [6, 6.07) is 3.86. The zero-order valence-electron chi connectivity index (χ0n) is 13.2. The number of ether oxygens (including phenoxy) is 1. The topological polar surface area (TPSA) is 45.7 Å². The fourth-order valence-corrected chi connectivity index (χ4v) is 4.17. The summed E-state index contributed by atoms with van der Waals surface area (Å²) in [5, 5.41) is 0.664. The number of fused-ring (bicyclic) bond motifs is 1. The Balaban J connectivity index is 1.36. The largest absolute Gasteiger partial charge is 0.368 e. The number of carbonyl (C=O) groups is 1. The Morgan fingerprint density at radius 1 is 1.17 bits per heavy atom. The Labute approximate surface area is 141 Å². The number of hydrogen-bond acceptors (Lipinski definition) is 4. The molecule has 3 fully saturated rings. The van der Waals surface area contributed by atoms with E-state index in [0.29, 0.717) is 16.9 Å². The van der Waals surface area contributed by atoms with Crippen LogP contribution in [0.15, 0.2) is 18.3 Å². The van der Waals surface area contributed by atoms with E-state index in [2.05, 4.69) is 9.88 Å². The Bertz CT molecular complexity index is 560. The number of aromatic nitrogens is 1. The molecule has 0 aromatic carbocycles. The Morgan fingerprint density at radius 3 is 2.57 bits per heavy atom. The first-order valence-corrected chi connectivity index (χ1v) is 8.85. The second-order valence-corrected chi connectivity index (χ2v) is 7.29. The molecule has 1 amide bonds. The zero-order chi connectivity index (χ0) is 15.8. The molecule has 0 radical (unpaired) electrons. The molecular weight excluding hydrogens is 314 g/mol. The van der Waals surface area contributed by atoms with E-state index in [1.165, 1.54) is 0 Å². The summed E-state index contributed by atoms with van der Waals surface area (Å²) in [6.45, 7) is 4.37. The lowest BCUT2D eigenvalue weighted by Crippen LogP contribution is -2.42. The van der Waals surface area contributed by atoms with Crippen LogP contribution in [0.2, 0.25) is 5.02 Å². The number of hydrogen-bond donors (Lipinski definition) is 0. The van der Waals surface area contributed by atoms with Crippen molar-refractivity contribution < 1.29 is 9.53 Å². The molecule has 3 unspecified atom stereocenters. The summed E-state index contributed by atoms with van der Waals surface area (Å²) < 4.78 is 5.65. The van der Waals surface area contributed by atoms with Crippen LogP contribution in [0.3, 0.4) is 0 Å². The highest BCUT2D eigenvalue weighted by Crippen LogP contribution is 2.34. The lowest BCUT2D eigenvalue weighted by Gasteiger charge is -2.28. The quantitative estimate of drug-likeness (QED) is 0.831. The van der Waals surface area contributed by atoms with Crippen molar-refractivity contribution in [3.63, 3.8) is 0 Å². The summed E-state index contributed by atoms with van der Waals surface area (Å²) in [5.74, 6) is 2.27. The lowest BCUT2D eigenvalue weighted by molar-refractivity contribution is -0.145. The van der Waals surface area contributed by atoms with Crippen molar-refractivity contribution in [2.75, 3.05) is 37.7 Å². The van der Waals surface area contributed by atoms with Crippen LogP contribution in [-0.2, 0) is 9.53 Å².